The summed E-state index contributed by atoms with van der Waals surface area (Å²) < 4.78 is 10.4. The van der Waals surface area contributed by atoms with E-state index in [9.17, 15) is 14.4 Å². The predicted molar refractivity (Wildman–Crippen MR) is 116 cm³/mol. The number of benzene rings is 2. The Kier molecular flexibility index (Phi) is 8.87. The van der Waals surface area contributed by atoms with Gasteiger partial charge in [-0.2, -0.15) is 0 Å². The standard InChI is InChI=1S/C23H29N3O5/c1-23(2,3)31-21(28)25-15-14-24-20(27)19(18-12-8-5-9-13-18)26-22(29)30-16-17-10-6-4-7-11-17/h4-13,19H,14-16H2,1-3H3,(H,24,27)(H,25,28)(H,26,29)/t19-/m0/s1. The normalized spacial score (nSPS) is 11.7. The molecule has 0 unspecified atom stereocenters. The van der Waals surface area contributed by atoms with Gasteiger partial charge in [-0.1, -0.05) is 60.7 Å². The van der Waals surface area contributed by atoms with Gasteiger partial charge in [0.05, 0.1) is 0 Å². The number of nitrogens with one attached hydrogen (secondary N) is 3. The van der Waals surface area contributed by atoms with Crippen molar-refractivity contribution in [1.82, 2.24) is 16.0 Å². The molecule has 0 spiro atoms. The molecule has 2 aromatic carbocycles. The Morgan fingerprint density at radius 3 is 2.03 bits per heavy atom. The molecule has 8 nitrogen and oxygen atoms in total. The fourth-order valence-electron chi connectivity index (χ4n) is 2.59. The smallest absolute Gasteiger partial charge is 0.408 e. The van der Waals surface area contributed by atoms with E-state index in [-0.39, 0.29) is 19.7 Å². The van der Waals surface area contributed by atoms with Crippen molar-refractivity contribution < 1.29 is 23.9 Å². The predicted octanol–water partition coefficient (Wildman–Crippen LogP) is 3.30. The molecule has 8 heteroatoms. The summed E-state index contributed by atoms with van der Waals surface area (Å²) in [4.78, 5) is 36.6. The van der Waals surface area contributed by atoms with Gasteiger partial charge in [0.15, 0.2) is 0 Å². The Balaban J connectivity index is 1.88. The van der Waals surface area contributed by atoms with E-state index in [1.165, 1.54) is 0 Å². The first-order valence-corrected chi connectivity index (χ1v) is 10.0. The third-order valence-corrected chi connectivity index (χ3v) is 3.96. The molecule has 0 aliphatic rings. The molecule has 2 rings (SSSR count). The van der Waals surface area contributed by atoms with Crippen LogP contribution < -0.4 is 16.0 Å². The fourth-order valence-corrected chi connectivity index (χ4v) is 2.59. The number of carbonyl (C=O) groups excluding carboxylic acids is 3. The maximum absolute atomic E-state index is 12.7. The van der Waals surface area contributed by atoms with Crippen LogP contribution in [0.4, 0.5) is 9.59 Å². The molecule has 0 bridgehead atoms. The van der Waals surface area contributed by atoms with Crippen LogP contribution in [0.1, 0.15) is 37.9 Å². The summed E-state index contributed by atoms with van der Waals surface area (Å²) in [7, 11) is 0. The van der Waals surface area contributed by atoms with Gasteiger partial charge in [0.1, 0.15) is 18.2 Å². The van der Waals surface area contributed by atoms with Crippen molar-refractivity contribution in [1.29, 1.82) is 0 Å². The average Bonchev–Trinajstić information content (AvgIpc) is 2.73. The van der Waals surface area contributed by atoms with E-state index in [0.29, 0.717) is 5.56 Å². The topological polar surface area (TPSA) is 106 Å². The second-order valence-corrected chi connectivity index (χ2v) is 7.77. The minimum atomic E-state index is -0.939. The highest BCUT2D eigenvalue weighted by atomic mass is 16.6. The van der Waals surface area contributed by atoms with Crippen molar-refractivity contribution in [3.8, 4) is 0 Å². The second kappa shape index (κ2) is 11.6. The number of alkyl carbamates (subject to hydrolysis) is 2. The van der Waals surface area contributed by atoms with Crippen molar-refractivity contribution in [3.05, 3.63) is 71.8 Å². The van der Waals surface area contributed by atoms with E-state index >= 15 is 0 Å². The summed E-state index contributed by atoms with van der Waals surface area (Å²) in [5.74, 6) is -0.422. The summed E-state index contributed by atoms with van der Waals surface area (Å²) in [5, 5.41) is 7.86. The minimum Gasteiger partial charge on any atom is -0.445 e. The van der Waals surface area contributed by atoms with Crippen LogP contribution in [0.5, 0.6) is 0 Å². The molecule has 0 heterocycles. The number of carbonyl (C=O) groups is 3. The van der Waals surface area contributed by atoms with Crippen molar-refractivity contribution in [3.63, 3.8) is 0 Å². The molecule has 0 saturated carbocycles. The number of ether oxygens (including phenoxy) is 2. The number of rotatable bonds is 8. The first-order valence-electron chi connectivity index (χ1n) is 10.0. The first kappa shape index (κ1) is 23.7. The number of hydrogen-bond donors (Lipinski definition) is 3. The Labute approximate surface area is 182 Å². The molecule has 31 heavy (non-hydrogen) atoms. The lowest BCUT2D eigenvalue weighted by molar-refractivity contribution is -0.123. The molecule has 1 atom stereocenters. The van der Waals surface area contributed by atoms with Gasteiger partial charge in [0.2, 0.25) is 5.91 Å². The summed E-state index contributed by atoms with van der Waals surface area (Å²) in [6.07, 6.45) is -1.27. The van der Waals surface area contributed by atoms with Crippen LogP contribution in [-0.4, -0.2) is 36.8 Å². The van der Waals surface area contributed by atoms with E-state index in [1.54, 1.807) is 45.0 Å². The number of amides is 3. The summed E-state index contributed by atoms with van der Waals surface area (Å²) in [6, 6.07) is 17.1. The van der Waals surface area contributed by atoms with Crippen LogP contribution >= 0.6 is 0 Å². The lowest BCUT2D eigenvalue weighted by Gasteiger charge is -2.20. The van der Waals surface area contributed by atoms with Gasteiger partial charge in [-0.25, -0.2) is 9.59 Å². The zero-order valence-electron chi connectivity index (χ0n) is 18.0. The monoisotopic (exact) mass is 427 g/mol. The zero-order valence-corrected chi connectivity index (χ0v) is 18.0. The molecule has 0 aromatic heterocycles. The van der Waals surface area contributed by atoms with Crippen LogP contribution in [0, 0.1) is 0 Å². The quantitative estimate of drug-likeness (QED) is 0.561. The third-order valence-electron chi connectivity index (χ3n) is 3.96. The Morgan fingerprint density at radius 2 is 1.42 bits per heavy atom. The molecule has 0 radical (unpaired) electrons. The Bertz CT molecular complexity index is 851. The molecule has 0 aliphatic carbocycles. The van der Waals surface area contributed by atoms with E-state index in [0.717, 1.165) is 5.56 Å². The summed E-state index contributed by atoms with van der Waals surface area (Å²) in [5.41, 5.74) is 0.846. The van der Waals surface area contributed by atoms with Crippen LogP contribution in [0.2, 0.25) is 0 Å². The van der Waals surface area contributed by atoms with E-state index < -0.39 is 29.7 Å². The van der Waals surface area contributed by atoms with Crippen LogP contribution in [0.3, 0.4) is 0 Å². The maximum Gasteiger partial charge on any atom is 0.408 e. The van der Waals surface area contributed by atoms with Crippen LogP contribution in [0.25, 0.3) is 0 Å². The molecular weight excluding hydrogens is 398 g/mol. The van der Waals surface area contributed by atoms with Gasteiger partial charge in [-0.05, 0) is 31.9 Å². The maximum atomic E-state index is 12.7. The largest absolute Gasteiger partial charge is 0.445 e. The highest BCUT2D eigenvalue weighted by Crippen LogP contribution is 2.13. The molecule has 0 aliphatic heterocycles. The van der Waals surface area contributed by atoms with Gasteiger partial charge in [-0.3, -0.25) is 4.79 Å². The highest BCUT2D eigenvalue weighted by molar-refractivity contribution is 5.86. The van der Waals surface area contributed by atoms with E-state index in [1.807, 2.05) is 36.4 Å². The lowest BCUT2D eigenvalue weighted by Crippen LogP contribution is -2.43. The van der Waals surface area contributed by atoms with E-state index in [2.05, 4.69) is 16.0 Å². The molecule has 3 amide bonds. The molecule has 2 aromatic rings. The lowest BCUT2D eigenvalue weighted by atomic mass is 10.1. The zero-order chi connectivity index (χ0) is 22.7. The summed E-state index contributed by atoms with van der Waals surface area (Å²) >= 11 is 0. The Morgan fingerprint density at radius 1 is 0.839 bits per heavy atom. The molecule has 0 fully saturated rings. The van der Waals surface area contributed by atoms with Crippen molar-refractivity contribution in [2.75, 3.05) is 13.1 Å². The van der Waals surface area contributed by atoms with Crippen molar-refractivity contribution >= 4 is 18.1 Å². The highest BCUT2D eigenvalue weighted by Gasteiger charge is 2.23. The van der Waals surface area contributed by atoms with Crippen LogP contribution in [0.15, 0.2) is 60.7 Å². The van der Waals surface area contributed by atoms with Gasteiger partial charge < -0.3 is 25.4 Å². The summed E-state index contributed by atoms with van der Waals surface area (Å²) in [6.45, 7) is 5.74. The average molecular weight is 428 g/mol. The van der Waals surface area contributed by atoms with E-state index in [4.69, 9.17) is 9.47 Å². The minimum absolute atomic E-state index is 0.0929. The van der Waals surface area contributed by atoms with Gasteiger partial charge in [-0.15, -0.1) is 0 Å². The van der Waals surface area contributed by atoms with Gasteiger partial charge >= 0.3 is 12.2 Å². The Hall–Kier alpha value is -3.55. The van der Waals surface area contributed by atoms with Crippen LogP contribution in [-0.2, 0) is 20.9 Å². The third kappa shape index (κ3) is 9.20. The second-order valence-electron chi connectivity index (χ2n) is 7.77. The van der Waals surface area contributed by atoms with Crippen molar-refractivity contribution in [2.24, 2.45) is 0 Å². The SMILES string of the molecule is CC(C)(C)OC(=O)NCCNC(=O)[C@@H](NC(=O)OCc1ccccc1)c1ccccc1. The first-order chi connectivity index (χ1) is 14.7. The molecule has 166 valence electrons. The van der Waals surface area contributed by atoms with Gasteiger partial charge in [0.25, 0.3) is 0 Å². The molecule has 0 saturated heterocycles. The van der Waals surface area contributed by atoms with Gasteiger partial charge in [0, 0.05) is 13.1 Å². The number of hydrogen-bond acceptors (Lipinski definition) is 5. The van der Waals surface area contributed by atoms with Crippen molar-refractivity contribution in [2.45, 2.75) is 39.0 Å². The fraction of sp³-hybridized carbons (Fsp3) is 0.348. The molecular formula is C23H29N3O5. The molecule has 3 N–H and O–H groups in total.